The Hall–Kier alpha value is -0.930. The topological polar surface area (TPSA) is 42.1 Å². The van der Waals surface area contributed by atoms with E-state index in [2.05, 4.69) is 28.9 Å². The van der Waals surface area contributed by atoms with Crippen LogP contribution in [0.25, 0.3) is 0 Å². The molecule has 2 N–H and O–H groups in total. The summed E-state index contributed by atoms with van der Waals surface area (Å²) in [6.07, 6.45) is 6.84. The van der Waals surface area contributed by atoms with Crippen molar-refractivity contribution >= 4 is 0 Å². The second-order valence-electron chi connectivity index (χ2n) is 4.39. The molecule has 0 unspecified atom stereocenters. The van der Waals surface area contributed by atoms with Crippen molar-refractivity contribution in [1.82, 2.24) is 9.88 Å². The molecule has 96 valence electrons. The fourth-order valence-electron chi connectivity index (χ4n) is 1.90. The molecular formula is C14H25N3. The van der Waals surface area contributed by atoms with Crippen molar-refractivity contribution in [3.63, 3.8) is 0 Å². The molecule has 0 saturated heterocycles. The number of hydrogen-bond donors (Lipinski definition) is 1. The SMILES string of the molecule is CCN(CCCCCCN)Cc1ccccn1. The first-order valence-corrected chi connectivity index (χ1v) is 6.69. The Morgan fingerprint density at radius 1 is 1.18 bits per heavy atom. The van der Waals surface area contributed by atoms with E-state index < -0.39 is 0 Å². The Balaban J connectivity index is 2.20. The first-order valence-electron chi connectivity index (χ1n) is 6.69. The molecular weight excluding hydrogens is 210 g/mol. The molecule has 0 aliphatic carbocycles. The zero-order valence-electron chi connectivity index (χ0n) is 10.9. The van der Waals surface area contributed by atoms with Crippen molar-refractivity contribution in [2.75, 3.05) is 19.6 Å². The highest BCUT2D eigenvalue weighted by molar-refractivity contribution is 5.03. The maximum atomic E-state index is 5.48. The Kier molecular flexibility index (Phi) is 7.60. The molecule has 3 nitrogen and oxygen atoms in total. The van der Waals surface area contributed by atoms with Crippen LogP contribution >= 0.6 is 0 Å². The smallest absolute Gasteiger partial charge is 0.0543 e. The van der Waals surface area contributed by atoms with Gasteiger partial charge < -0.3 is 5.73 Å². The van der Waals surface area contributed by atoms with Gasteiger partial charge in [0.2, 0.25) is 0 Å². The van der Waals surface area contributed by atoms with Gasteiger partial charge in [-0.05, 0) is 44.6 Å². The number of hydrogen-bond acceptors (Lipinski definition) is 3. The Labute approximate surface area is 105 Å². The van der Waals surface area contributed by atoms with E-state index in [4.69, 9.17) is 5.73 Å². The highest BCUT2D eigenvalue weighted by Gasteiger charge is 2.03. The molecule has 0 aliphatic heterocycles. The first-order chi connectivity index (χ1) is 8.36. The van der Waals surface area contributed by atoms with Crippen molar-refractivity contribution in [3.05, 3.63) is 30.1 Å². The molecule has 1 rings (SSSR count). The molecule has 1 aromatic rings. The third kappa shape index (κ3) is 6.39. The van der Waals surface area contributed by atoms with Gasteiger partial charge in [0, 0.05) is 12.7 Å². The minimum absolute atomic E-state index is 0.825. The van der Waals surface area contributed by atoms with Gasteiger partial charge in [0.25, 0.3) is 0 Å². The number of nitrogens with two attached hydrogens (primary N) is 1. The van der Waals surface area contributed by atoms with Crippen LogP contribution < -0.4 is 5.73 Å². The largest absolute Gasteiger partial charge is 0.330 e. The summed E-state index contributed by atoms with van der Waals surface area (Å²) >= 11 is 0. The van der Waals surface area contributed by atoms with Crippen LogP contribution in [-0.2, 0) is 6.54 Å². The van der Waals surface area contributed by atoms with Gasteiger partial charge in [0.15, 0.2) is 0 Å². The first kappa shape index (κ1) is 14.1. The standard InChI is InChI=1S/C14H25N3/c1-2-17(12-8-4-3-6-10-15)13-14-9-5-7-11-16-14/h5,7,9,11H,2-4,6,8,10,12-13,15H2,1H3. The number of rotatable bonds is 9. The minimum Gasteiger partial charge on any atom is -0.330 e. The average molecular weight is 235 g/mol. The second-order valence-corrected chi connectivity index (χ2v) is 4.39. The summed E-state index contributed by atoms with van der Waals surface area (Å²) in [6, 6.07) is 6.11. The predicted molar refractivity (Wildman–Crippen MR) is 72.7 cm³/mol. The fraction of sp³-hybridized carbons (Fsp3) is 0.643. The molecule has 1 aromatic heterocycles. The molecule has 0 aromatic carbocycles. The molecule has 0 saturated carbocycles. The second kappa shape index (κ2) is 9.14. The predicted octanol–water partition coefficient (Wildman–Crippen LogP) is 2.42. The highest BCUT2D eigenvalue weighted by Crippen LogP contribution is 2.05. The van der Waals surface area contributed by atoms with Gasteiger partial charge in [0.05, 0.1) is 5.69 Å². The molecule has 1 heterocycles. The number of unbranched alkanes of at least 4 members (excludes halogenated alkanes) is 3. The molecule has 0 aliphatic rings. The van der Waals surface area contributed by atoms with E-state index in [1.807, 2.05) is 12.3 Å². The zero-order chi connectivity index (χ0) is 12.3. The minimum atomic E-state index is 0.825. The lowest BCUT2D eigenvalue weighted by atomic mass is 10.2. The van der Waals surface area contributed by atoms with Crippen molar-refractivity contribution in [1.29, 1.82) is 0 Å². The van der Waals surface area contributed by atoms with Crippen LogP contribution in [0, 0.1) is 0 Å². The molecule has 0 radical (unpaired) electrons. The molecule has 3 heteroatoms. The van der Waals surface area contributed by atoms with Gasteiger partial charge in [0.1, 0.15) is 0 Å². The monoisotopic (exact) mass is 235 g/mol. The van der Waals surface area contributed by atoms with Crippen LogP contribution in [-0.4, -0.2) is 29.5 Å². The fourth-order valence-corrected chi connectivity index (χ4v) is 1.90. The van der Waals surface area contributed by atoms with Crippen LogP contribution in [0.15, 0.2) is 24.4 Å². The summed E-state index contributed by atoms with van der Waals surface area (Å²) in [5.74, 6) is 0. The van der Waals surface area contributed by atoms with Crippen LogP contribution in [0.5, 0.6) is 0 Å². The molecule has 0 amide bonds. The van der Waals surface area contributed by atoms with Gasteiger partial charge in [-0.25, -0.2) is 0 Å². The molecule has 0 atom stereocenters. The van der Waals surface area contributed by atoms with Crippen molar-refractivity contribution in [2.24, 2.45) is 5.73 Å². The van der Waals surface area contributed by atoms with Crippen LogP contribution in [0.3, 0.4) is 0 Å². The normalized spacial score (nSPS) is 11.0. The summed E-state index contributed by atoms with van der Waals surface area (Å²) in [5, 5.41) is 0. The van der Waals surface area contributed by atoms with Gasteiger partial charge in [-0.1, -0.05) is 25.8 Å². The maximum Gasteiger partial charge on any atom is 0.0543 e. The van der Waals surface area contributed by atoms with E-state index in [0.29, 0.717) is 0 Å². The van der Waals surface area contributed by atoms with Gasteiger partial charge in [-0.2, -0.15) is 0 Å². The van der Waals surface area contributed by atoms with Crippen molar-refractivity contribution in [2.45, 2.75) is 39.2 Å². The third-order valence-corrected chi connectivity index (χ3v) is 2.99. The summed E-state index contributed by atoms with van der Waals surface area (Å²) in [5.41, 5.74) is 6.64. The van der Waals surface area contributed by atoms with E-state index in [0.717, 1.165) is 38.3 Å². The Morgan fingerprint density at radius 2 is 2.00 bits per heavy atom. The highest BCUT2D eigenvalue weighted by atomic mass is 15.1. The molecule has 0 fully saturated rings. The average Bonchev–Trinajstić information content (AvgIpc) is 2.38. The summed E-state index contributed by atoms with van der Waals surface area (Å²) in [6.45, 7) is 6.26. The third-order valence-electron chi connectivity index (χ3n) is 2.99. The van der Waals surface area contributed by atoms with E-state index >= 15 is 0 Å². The number of pyridine rings is 1. The summed E-state index contributed by atoms with van der Waals surface area (Å²) in [7, 11) is 0. The van der Waals surface area contributed by atoms with Crippen LogP contribution in [0.2, 0.25) is 0 Å². The Morgan fingerprint density at radius 3 is 2.65 bits per heavy atom. The summed E-state index contributed by atoms with van der Waals surface area (Å²) in [4.78, 5) is 6.82. The van der Waals surface area contributed by atoms with E-state index in [1.165, 1.54) is 19.3 Å². The lowest BCUT2D eigenvalue weighted by Crippen LogP contribution is -2.24. The Bertz CT molecular complexity index is 274. The molecule has 17 heavy (non-hydrogen) atoms. The molecule has 0 bridgehead atoms. The quantitative estimate of drug-likeness (QED) is 0.668. The van der Waals surface area contributed by atoms with E-state index in [-0.39, 0.29) is 0 Å². The van der Waals surface area contributed by atoms with Crippen molar-refractivity contribution in [3.8, 4) is 0 Å². The van der Waals surface area contributed by atoms with E-state index in [9.17, 15) is 0 Å². The van der Waals surface area contributed by atoms with Gasteiger partial charge >= 0.3 is 0 Å². The van der Waals surface area contributed by atoms with E-state index in [1.54, 1.807) is 0 Å². The maximum absolute atomic E-state index is 5.48. The zero-order valence-corrected chi connectivity index (χ0v) is 10.9. The van der Waals surface area contributed by atoms with Gasteiger partial charge in [-0.15, -0.1) is 0 Å². The lowest BCUT2D eigenvalue weighted by Gasteiger charge is -2.19. The van der Waals surface area contributed by atoms with Crippen LogP contribution in [0.4, 0.5) is 0 Å². The van der Waals surface area contributed by atoms with Crippen LogP contribution in [0.1, 0.15) is 38.3 Å². The molecule has 0 spiro atoms. The lowest BCUT2D eigenvalue weighted by molar-refractivity contribution is 0.269. The number of nitrogens with zero attached hydrogens (tertiary/aromatic N) is 2. The van der Waals surface area contributed by atoms with Gasteiger partial charge in [-0.3, -0.25) is 9.88 Å². The van der Waals surface area contributed by atoms with Crippen molar-refractivity contribution < 1.29 is 0 Å². The summed E-state index contributed by atoms with van der Waals surface area (Å²) < 4.78 is 0. The number of aromatic nitrogens is 1.